The van der Waals surface area contributed by atoms with Crippen molar-refractivity contribution in [3.8, 4) is 5.75 Å². The molecule has 4 rings (SSSR count). The summed E-state index contributed by atoms with van der Waals surface area (Å²) in [6.07, 6.45) is 6.01. The Morgan fingerprint density at radius 3 is 2.86 bits per heavy atom. The van der Waals surface area contributed by atoms with Crippen LogP contribution in [0.1, 0.15) is 19.0 Å². The van der Waals surface area contributed by atoms with Crippen molar-refractivity contribution < 1.29 is 14.4 Å². The van der Waals surface area contributed by atoms with Gasteiger partial charge in [0.05, 0.1) is 12.2 Å². The molecule has 1 aromatic carbocycles. The van der Waals surface area contributed by atoms with Gasteiger partial charge in [-0.3, -0.25) is 10.2 Å². The van der Waals surface area contributed by atoms with E-state index >= 15 is 0 Å². The van der Waals surface area contributed by atoms with Gasteiger partial charge in [0.2, 0.25) is 0 Å². The van der Waals surface area contributed by atoms with E-state index in [2.05, 4.69) is 4.99 Å². The number of hydrogen-bond acceptors (Lipinski definition) is 4. The highest BCUT2D eigenvalue weighted by atomic mass is 35.5. The number of ether oxygens (including phenoxy) is 1. The van der Waals surface area contributed by atoms with Crippen molar-refractivity contribution in [1.29, 1.82) is 5.41 Å². The molecule has 0 radical (unpaired) electrons. The number of carbonyl (C=O) groups excluding carboxylic acids is 1. The van der Waals surface area contributed by atoms with Crippen molar-refractivity contribution in [2.24, 2.45) is 4.99 Å². The molecule has 1 amide bonds. The number of nitrogens with one attached hydrogen (secondary N) is 1. The third-order valence-corrected chi connectivity index (χ3v) is 4.71. The first-order valence-corrected chi connectivity index (χ1v) is 9.52. The zero-order valence-corrected chi connectivity index (χ0v) is 16.5. The van der Waals surface area contributed by atoms with E-state index in [0.29, 0.717) is 29.8 Å². The fraction of sp³-hybridized carbons (Fsp3) is 0.190. The topological polar surface area (TPSA) is 79.9 Å². The summed E-state index contributed by atoms with van der Waals surface area (Å²) in [5, 5.41) is 10.2. The molecule has 0 atom stereocenters. The highest BCUT2D eigenvalue weighted by Crippen LogP contribution is 2.24. The summed E-state index contributed by atoms with van der Waals surface area (Å²) in [6.45, 7) is 3.00. The number of fused-ring (bicyclic) bond motifs is 1. The maximum Gasteiger partial charge on any atom is 0.283 e. The molecule has 148 valence electrons. The van der Waals surface area contributed by atoms with Gasteiger partial charge in [-0.2, -0.15) is 4.99 Å². The predicted octanol–water partition coefficient (Wildman–Crippen LogP) is 4.06. The quantitative estimate of drug-likeness (QED) is 0.575. The van der Waals surface area contributed by atoms with E-state index in [0.717, 1.165) is 17.9 Å². The molecule has 0 bridgehead atoms. The molecule has 8 heteroatoms. The van der Waals surface area contributed by atoms with Gasteiger partial charge in [0.1, 0.15) is 11.5 Å². The number of allylic oxidation sites excluding steroid dienone is 1. The lowest BCUT2D eigenvalue weighted by Crippen LogP contribution is -2.38. The van der Waals surface area contributed by atoms with Crippen molar-refractivity contribution in [3.63, 3.8) is 0 Å². The van der Waals surface area contributed by atoms with E-state index in [1.165, 1.54) is 5.06 Å². The van der Waals surface area contributed by atoms with Gasteiger partial charge in [0.15, 0.2) is 11.7 Å². The molecule has 29 heavy (non-hydrogen) atoms. The lowest BCUT2D eigenvalue weighted by molar-refractivity contribution is -0.114. The third kappa shape index (κ3) is 4.09. The smallest absolute Gasteiger partial charge is 0.283 e. The lowest BCUT2D eigenvalue weighted by Gasteiger charge is -2.23. The van der Waals surface area contributed by atoms with E-state index in [9.17, 15) is 4.79 Å². The lowest BCUT2D eigenvalue weighted by atomic mass is 10.1. The van der Waals surface area contributed by atoms with E-state index in [4.69, 9.17) is 26.6 Å². The molecule has 0 fully saturated rings. The van der Waals surface area contributed by atoms with Gasteiger partial charge < -0.3 is 14.1 Å². The minimum atomic E-state index is -0.449. The van der Waals surface area contributed by atoms with Crippen LogP contribution in [0.5, 0.6) is 5.75 Å². The molecule has 1 aromatic heterocycles. The Kier molecular flexibility index (Phi) is 5.22. The summed E-state index contributed by atoms with van der Waals surface area (Å²) >= 11 is 5.87. The summed E-state index contributed by atoms with van der Waals surface area (Å²) < 4.78 is 7.72. The second-order valence-electron chi connectivity index (χ2n) is 6.60. The molecule has 0 unspecified atom stereocenters. The van der Waals surface area contributed by atoms with Gasteiger partial charge in [0, 0.05) is 29.5 Å². The zero-order chi connectivity index (χ0) is 20.4. The fourth-order valence-corrected chi connectivity index (χ4v) is 3.19. The number of aryl methyl sites for hydroxylation is 1. The summed E-state index contributed by atoms with van der Waals surface area (Å²) in [5.41, 5.74) is 1.00. The number of nitrogens with zero attached hydrogens (tertiary/aromatic N) is 3. The van der Waals surface area contributed by atoms with Gasteiger partial charge in [-0.15, -0.1) is 5.06 Å². The van der Waals surface area contributed by atoms with Crippen LogP contribution in [0.4, 0.5) is 0 Å². The third-order valence-electron chi connectivity index (χ3n) is 4.46. The Hall–Kier alpha value is -3.32. The second-order valence-corrected chi connectivity index (χ2v) is 7.04. The van der Waals surface area contributed by atoms with Crippen LogP contribution < -0.4 is 4.74 Å². The minimum Gasteiger partial charge on any atom is -0.494 e. The molecule has 0 saturated heterocycles. The van der Waals surface area contributed by atoms with Crippen LogP contribution >= 0.6 is 11.6 Å². The van der Waals surface area contributed by atoms with E-state index in [-0.39, 0.29) is 11.4 Å². The number of hydrogen-bond donors (Lipinski definition) is 1. The van der Waals surface area contributed by atoms with Gasteiger partial charge in [-0.25, -0.2) is 0 Å². The number of aliphatic imine (C=N–C) groups is 1. The molecular formula is C21H19ClN4O3. The second kappa shape index (κ2) is 7.97. The van der Waals surface area contributed by atoms with E-state index in [1.54, 1.807) is 31.2 Å². The van der Waals surface area contributed by atoms with Crippen LogP contribution in [0.25, 0.3) is 6.08 Å². The van der Waals surface area contributed by atoms with Crippen LogP contribution in [0, 0.1) is 5.41 Å². The van der Waals surface area contributed by atoms with Crippen LogP contribution in [0.3, 0.4) is 0 Å². The normalized spacial score (nSPS) is 17.2. The highest BCUT2D eigenvalue weighted by molar-refractivity contribution is 6.32. The Bertz CT molecular complexity index is 1050. The first-order chi connectivity index (χ1) is 14.0. The number of rotatable bonds is 6. The number of benzene rings is 1. The number of halogens is 1. The molecule has 2 aliphatic rings. The number of carbonyl (C=O) groups is 1. The molecule has 1 N–H and O–H groups in total. The number of amides is 1. The average Bonchev–Trinajstić information content (AvgIpc) is 3.29. The SMILES string of the molecule is CC1=CC2=NC(=O)/C(=C\c3cccn3CCCOc3ccc(Cl)cc3)C(=N)N2O1. The molecule has 7 nitrogen and oxygen atoms in total. The van der Waals surface area contributed by atoms with Gasteiger partial charge in [-0.05, 0) is 55.8 Å². The Labute approximate surface area is 173 Å². The van der Waals surface area contributed by atoms with Crippen molar-refractivity contribution in [1.82, 2.24) is 9.63 Å². The Morgan fingerprint density at radius 2 is 2.07 bits per heavy atom. The zero-order valence-electron chi connectivity index (χ0n) is 15.8. The standard InChI is InChI=1S/C21H19ClN4O3/c1-14-12-19-24-21(27)18(20(23)26(19)29-14)13-16-4-2-9-25(16)10-3-11-28-17-7-5-15(22)6-8-17/h2,4-9,12-13,23H,3,10-11H2,1H3/b18-13-,23-20?. The summed E-state index contributed by atoms with van der Waals surface area (Å²) in [4.78, 5) is 21.8. The summed E-state index contributed by atoms with van der Waals surface area (Å²) in [5.74, 6) is 1.23. The maximum absolute atomic E-state index is 12.4. The first-order valence-electron chi connectivity index (χ1n) is 9.15. The molecule has 0 saturated carbocycles. The van der Waals surface area contributed by atoms with Crippen molar-refractivity contribution >= 4 is 35.3 Å². The Morgan fingerprint density at radius 1 is 1.28 bits per heavy atom. The van der Waals surface area contributed by atoms with E-state index < -0.39 is 5.91 Å². The van der Waals surface area contributed by atoms with Crippen molar-refractivity contribution in [2.75, 3.05) is 6.61 Å². The number of aromatic nitrogens is 1. The summed E-state index contributed by atoms with van der Waals surface area (Å²) in [7, 11) is 0. The largest absolute Gasteiger partial charge is 0.494 e. The minimum absolute atomic E-state index is 0.0214. The Balaban J connectivity index is 1.41. The monoisotopic (exact) mass is 410 g/mol. The highest BCUT2D eigenvalue weighted by Gasteiger charge is 2.34. The van der Waals surface area contributed by atoms with Crippen molar-refractivity contribution in [3.05, 3.63) is 70.7 Å². The average molecular weight is 411 g/mol. The predicted molar refractivity (Wildman–Crippen MR) is 111 cm³/mol. The van der Waals surface area contributed by atoms with Crippen LogP contribution in [-0.2, 0) is 16.2 Å². The molecule has 0 aliphatic carbocycles. The van der Waals surface area contributed by atoms with Gasteiger partial charge in [0.25, 0.3) is 5.91 Å². The summed E-state index contributed by atoms with van der Waals surface area (Å²) in [6, 6.07) is 11.0. The molecule has 2 aromatic rings. The fourth-order valence-electron chi connectivity index (χ4n) is 3.07. The van der Waals surface area contributed by atoms with Crippen LogP contribution in [0.15, 0.2) is 65.0 Å². The molecule has 3 heterocycles. The molecule has 2 aliphatic heterocycles. The number of hydroxylamine groups is 2. The molecule has 0 spiro atoms. The number of amidine groups is 2. The van der Waals surface area contributed by atoms with Gasteiger partial charge in [-0.1, -0.05) is 11.6 Å². The first kappa shape index (κ1) is 19.0. The van der Waals surface area contributed by atoms with Crippen LogP contribution in [0.2, 0.25) is 5.02 Å². The van der Waals surface area contributed by atoms with Crippen molar-refractivity contribution in [2.45, 2.75) is 19.9 Å². The maximum atomic E-state index is 12.4. The van der Waals surface area contributed by atoms with Gasteiger partial charge >= 0.3 is 0 Å². The van der Waals surface area contributed by atoms with E-state index in [1.807, 2.05) is 35.0 Å². The molecular weight excluding hydrogens is 392 g/mol. The van der Waals surface area contributed by atoms with Crippen LogP contribution in [-0.4, -0.2) is 33.8 Å².